The van der Waals surface area contributed by atoms with Crippen LogP contribution in [0.1, 0.15) is 76.9 Å². The molecule has 0 fully saturated rings. The number of unbranched alkanes of at least 4 members (excludes halogenated alkanes) is 2. The minimum atomic E-state index is -1.15. The van der Waals surface area contributed by atoms with Crippen molar-refractivity contribution in [2.45, 2.75) is 78.9 Å². The number of hydrogen-bond acceptors (Lipinski definition) is 9. The highest BCUT2D eigenvalue weighted by molar-refractivity contribution is 5.89. The lowest BCUT2D eigenvalue weighted by atomic mass is 10.1. The summed E-state index contributed by atoms with van der Waals surface area (Å²) in [7, 11) is 0. The van der Waals surface area contributed by atoms with E-state index in [9.17, 15) is 14.4 Å². The molecule has 1 aromatic heterocycles. The van der Waals surface area contributed by atoms with Crippen LogP contribution >= 0.6 is 0 Å². The second-order valence-corrected chi connectivity index (χ2v) is 7.73. The first kappa shape index (κ1) is 26.3. The fourth-order valence-corrected chi connectivity index (χ4v) is 2.56. The predicted octanol–water partition coefficient (Wildman–Crippen LogP) is 3.42. The molecule has 1 rings (SSSR count). The Labute approximate surface area is 182 Å². The van der Waals surface area contributed by atoms with Gasteiger partial charge in [-0.25, -0.2) is 14.4 Å². The van der Waals surface area contributed by atoms with Crippen LogP contribution in [0.4, 0.5) is 4.79 Å². The summed E-state index contributed by atoms with van der Waals surface area (Å²) in [4.78, 5) is 37.0. The summed E-state index contributed by atoms with van der Waals surface area (Å²) in [5, 5.41) is 6.31. The molecule has 31 heavy (non-hydrogen) atoms. The number of hydrogen-bond donors (Lipinski definition) is 1. The third kappa shape index (κ3) is 9.27. The molecule has 0 aromatic carbocycles. The molecule has 0 saturated heterocycles. The topological polar surface area (TPSA) is 126 Å². The maximum atomic E-state index is 12.5. The van der Waals surface area contributed by atoms with E-state index in [0.29, 0.717) is 6.61 Å². The molecule has 1 atom stereocenters. The zero-order valence-electron chi connectivity index (χ0n) is 19.2. The summed E-state index contributed by atoms with van der Waals surface area (Å²) in [5.74, 6) is -1.55. The van der Waals surface area contributed by atoms with E-state index in [1.54, 1.807) is 34.6 Å². The summed E-state index contributed by atoms with van der Waals surface area (Å²) in [6, 6.07) is -1.15. The van der Waals surface area contributed by atoms with Crippen molar-refractivity contribution in [2.75, 3.05) is 19.8 Å². The Morgan fingerprint density at radius 3 is 2.32 bits per heavy atom. The van der Waals surface area contributed by atoms with E-state index in [0.717, 1.165) is 19.3 Å². The van der Waals surface area contributed by atoms with Crippen molar-refractivity contribution in [1.82, 2.24) is 10.5 Å². The third-order valence-corrected chi connectivity index (χ3v) is 3.87. The molecule has 0 aliphatic carbocycles. The van der Waals surface area contributed by atoms with Gasteiger partial charge in [0.15, 0.2) is 0 Å². The van der Waals surface area contributed by atoms with E-state index in [2.05, 4.69) is 17.4 Å². The minimum Gasteiger partial charge on any atom is -0.475 e. The van der Waals surface area contributed by atoms with Crippen LogP contribution < -0.4 is 10.1 Å². The van der Waals surface area contributed by atoms with Gasteiger partial charge in [0.05, 0.1) is 25.4 Å². The Balaban J connectivity index is 3.14. The van der Waals surface area contributed by atoms with Gasteiger partial charge in [-0.05, 0) is 46.2 Å². The third-order valence-electron chi connectivity index (χ3n) is 3.87. The first-order chi connectivity index (χ1) is 14.6. The standard InChI is InChI=1S/C21H34N2O8/c1-7-10-11-12-29-17-14(16(31-23-17)19(25)28-9-3)13-15(18(24)27-8-2)22-20(26)30-21(4,5)6/h15H,7-13H2,1-6H3,(H,22,26). The fraction of sp³-hybridized carbons (Fsp3) is 0.714. The molecule has 1 amide bonds. The van der Waals surface area contributed by atoms with Gasteiger partial charge < -0.3 is 28.8 Å². The molecule has 0 saturated carbocycles. The molecular weight excluding hydrogens is 408 g/mol. The van der Waals surface area contributed by atoms with Crippen molar-refractivity contribution in [2.24, 2.45) is 0 Å². The van der Waals surface area contributed by atoms with Crippen LogP contribution in [0.15, 0.2) is 4.52 Å². The highest BCUT2D eigenvalue weighted by Gasteiger charge is 2.32. The number of nitrogens with one attached hydrogen (secondary N) is 1. The highest BCUT2D eigenvalue weighted by Crippen LogP contribution is 2.25. The van der Waals surface area contributed by atoms with Crippen molar-refractivity contribution in [3.05, 3.63) is 11.3 Å². The number of esters is 2. The Kier molecular flexibility index (Phi) is 10.8. The van der Waals surface area contributed by atoms with E-state index in [4.69, 9.17) is 23.5 Å². The van der Waals surface area contributed by atoms with E-state index >= 15 is 0 Å². The molecule has 1 unspecified atom stereocenters. The van der Waals surface area contributed by atoms with Gasteiger partial charge in [0.25, 0.3) is 11.6 Å². The number of rotatable bonds is 12. The van der Waals surface area contributed by atoms with E-state index in [-0.39, 0.29) is 36.8 Å². The van der Waals surface area contributed by atoms with Gasteiger partial charge in [0.1, 0.15) is 11.6 Å². The first-order valence-electron chi connectivity index (χ1n) is 10.6. The van der Waals surface area contributed by atoms with Gasteiger partial charge in [-0.3, -0.25) is 0 Å². The molecule has 10 nitrogen and oxygen atoms in total. The van der Waals surface area contributed by atoms with Gasteiger partial charge in [-0.1, -0.05) is 19.8 Å². The maximum Gasteiger partial charge on any atom is 0.408 e. The van der Waals surface area contributed by atoms with Crippen LogP contribution in [0, 0.1) is 0 Å². The van der Waals surface area contributed by atoms with E-state index < -0.39 is 29.7 Å². The van der Waals surface area contributed by atoms with Gasteiger partial charge in [-0.2, -0.15) is 0 Å². The van der Waals surface area contributed by atoms with E-state index in [1.807, 2.05) is 0 Å². The summed E-state index contributed by atoms with van der Waals surface area (Å²) in [6.07, 6.45) is 1.80. The monoisotopic (exact) mass is 442 g/mol. The van der Waals surface area contributed by atoms with Crippen molar-refractivity contribution >= 4 is 18.0 Å². The SMILES string of the molecule is CCCCCOc1noc(C(=O)OCC)c1CC(NC(=O)OC(C)(C)C)C(=O)OCC. The number of carbonyl (C=O) groups excluding carboxylic acids is 3. The van der Waals surface area contributed by atoms with Gasteiger partial charge in [-0.15, -0.1) is 0 Å². The average Bonchev–Trinajstić information content (AvgIpc) is 3.06. The molecule has 0 aliphatic rings. The largest absolute Gasteiger partial charge is 0.475 e. The molecule has 0 aliphatic heterocycles. The molecule has 0 radical (unpaired) electrons. The molecule has 1 N–H and O–H groups in total. The number of nitrogens with zero attached hydrogens (tertiary/aromatic N) is 1. The van der Waals surface area contributed by atoms with Gasteiger partial charge in [0, 0.05) is 6.42 Å². The number of aromatic nitrogens is 1. The summed E-state index contributed by atoms with van der Waals surface area (Å²) in [5.41, 5.74) is -0.548. The van der Waals surface area contributed by atoms with Crippen molar-refractivity contribution in [1.29, 1.82) is 0 Å². The lowest BCUT2D eigenvalue weighted by molar-refractivity contribution is -0.145. The number of alkyl carbamates (subject to hydrolysis) is 1. The molecule has 0 bridgehead atoms. The van der Waals surface area contributed by atoms with Crippen LogP contribution in [0.5, 0.6) is 5.88 Å². The average molecular weight is 443 g/mol. The van der Waals surface area contributed by atoms with Gasteiger partial charge in [0.2, 0.25) is 0 Å². The molecular formula is C21H34N2O8. The number of carbonyl (C=O) groups is 3. The zero-order chi connectivity index (χ0) is 23.4. The Morgan fingerprint density at radius 2 is 1.74 bits per heavy atom. The van der Waals surface area contributed by atoms with Crippen molar-refractivity contribution in [3.8, 4) is 5.88 Å². The molecule has 176 valence electrons. The van der Waals surface area contributed by atoms with Crippen molar-refractivity contribution < 1.29 is 37.9 Å². The van der Waals surface area contributed by atoms with Gasteiger partial charge >= 0.3 is 18.0 Å². The predicted molar refractivity (Wildman–Crippen MR) is 111 cm³/mol. The Morgan fingerprint density at radius 1 is 1.06 bits per heavy atom. The lowest BCUT2D eigenvalue weighted by Crippen LogP contribution is -2.45. The first-order valence-corrected chi connectivity index (χ1v) is 10.6. The number of ether oxygens (including phenoxy) is 4. The summed E-state index contributed by atoms with van der Waals surface area (Å²) in [6.45, 7) is 11.1. The quantitative estimate of drug-likeness (QED) is 0.294. The normalized spacial score (nSPS) is 12.1. The summed E-state index contributed by atoms with van der Waals surface area (Å²) >= 11 is 0. The second kappa shape index (κ2) is 12.8. The molecule has 1 heterocycles. The Hall–Kier alpha value is -2.78. The van der Waals surface area contributed by atoms with Crippen LogP contribution in [-0.2, 0) is 25.4 Å². The summed E-state index contributed by atoms with van der Waals surface area (Å²) < 4.78 is 26.1. The number of amides is 1. The van der Waals surface area contributed by atoms with Crippen LogP contribution in [-0.4, -0.2) is 54.7 Å². The highest BCUT2D eigenvalue weighted by atomic mass is 16.6. The molecule has 1 aromatic rings. The van der Waals surface area contributed by atoms with Crippen LogP contribution in [0.3, 0.4) is 0 Å². The second-order valence-electron chi connectivity index (χ2n) is 7.73. The van der Waals surface area contributed by atoms with Crippen LogP contribution in [0.2, 0.25) is 0 Å². The van der Waals surface area contributed by atoms with Crippen LogP contribution in [0.25, 0.3) is 0 Å². The van der Waals surface area contributed by atoms with Crippen molar-refractivity contribution in [3.63, 3.8) is 0 Å². The molecule has 0 spiro atoms. The zero-order valence-corrected chi connectivity index (χ0v) is 19.2. The minimum absolute atomic E-state index is 0.0689. The molecule has 10 heteroatoms. The fourth-order valence-electron chi connectivity index (χ4n) is 2.56. The smallest absolute Gasteiger partial charge is 0.408 e. The Bertz CT molecular complexity index is 723. The van der Waals surface area contributed by atoms with E-state index in [1.165, 1.54) is 0 Å². The maximum absolute atomic E-state index is 12.5. The lowest BCUT2D eigenvalue weighted by Gasteiger charge is -2.22.